The van der Waals surface area contributed by atoms with E-state index in [-0.39, 0.29) is 11.5 Å². The topological polar surface area (TPSA) is 69.6 Å². The first-order valence-electron chi connectivity index (χ1n) is 5.63. The molecule has 0 amide bonds. The van der Waals surface area contributed by atoms with Gasteiger partial charge in [-0.1, -0.05) is 25.5 Å². The van der Waals surface area contributed by atoms with Crippen molar-refractivity contribution in [2.45, 2.75) is 39.2 Å². The standard InChI is InChI=1S/C11H19N5/c1-11(2)6-8(4-9(12)7-11)5-10-13-15-16(3)14-10/h4,9H,5-7,12H2,1-3H3. The molecular formula is C11H19N5. The number of nitrogens with zero attached hydrogens (tertiary/aromatic N) is 4. The number of nitrogens with two attached hydrogens (primary N) is 1. The highest BCUT2D eigenvalue weighted by Gasteiger charge is 2.27. The third-order valence-electron chi connectivity index (χ3n) is 2.88. The van der Waals surface area contributed by atoms with Crippen molar-refractivity contribution in [3.05, 3.63) is 17.5 Å². The first-order valence-corrected chi connectivity index (χ1v) is 5.63. The molecule has 5 nitrogen and oxygen atoms in total. The van der Waals surface area contributed by atoms with Gasteiger partial charge in [0.15, 0.2) is 5.82 Å². The van der Waals surface area contributed by atoms with E-state index in [1.54, 1.807) is 7.05 Å². The van der Waals surface area contributed by atoms with E-state index in [4.69, 9.17) is 5.73 Å². The van der Waals surface area contributed by atoms with E-state index in [0.29, 0.717) is 0 Å². The van der Waals surface area contributed by atoms with Crippen LogP contribution < -0.4 is 5.73 Å². The monoisotopic (exact) mass is 221 g/mol. The molecule has 88 valence electrons. The van der Waals surface area contributed by atoms with Crippen LogP contribution in [0.1, 0.15) is 32.5 Å². The number of tetrazole rings is 1. The minimum absolute atomic E-state index is 0.162. The number of aromatic nitrogens is 4. The molecule has 2 rings (SSSR count). The van der Waals surface area contributed by atoms with Gasteiger partial charge < -0.3 is 5.73 Å². The van der Waals surface area contributed by atoms with Gasteiger partial charge in [-0.15, -0.1) is 10.2 Å². The molecule has 0 spiro atoms. The molecule has 0 saturated carbocycles. The molecule has 0 aliphatic heterocycles. The maximum Gasteiger partial charge on any atom is 0.178 e. The Hall–Kier alpha value is -1.23. The molecule has 1 aliphatic carbocycles. The van der Waals surface area contributed by atoms with E-state index in [0.717, 1.165) is 25.1 Å². The molecule has 1 heterocycles. The van der Waals surface area contributed by atoms with Crippen LogP contribution in [-0.4, -0.2) is 26.2 Å². The minimum atomic E-state index is 0.162. The highest BCUT2D eigenvalue weighted by molar-refractivity contribution is 5.17. The van der Waals surface area contributed by atoms with Gasteiger partial charge in [0.25, 0.3) is 0 Å². The van der Waals surface area contributed by atoms with Crippen molar-refractivity contribution in [1.29, 1.82) is 0 Å². The molecule has 1 atom stereocenters. The van der Waals surface area contributed by atoms with E-state index in [1.165, 1.54) is 10.4 Å². The van der Waals surface area contributed by atoms with Crippen LogP contribution in [0, 0.1) is 5.41 Å². The van der Waals surface area contributed by atoms with E-state index in [2.05, 4.69) is 35.3 Å². The van der Waals surface area contributed by atoms with Crippen molar-refractivity contribution in [3.63, 3.8) is 0 Å². The summed E-state index contributed by atoms with van der Waals surface area (Å²) in [5.74, 6) is 0.777. The normalized spacial score (nSPS) is 24.2. The lowest BCUT2D eigenvalue weighted by molar-refractivity contribution is 0.299. The van der Waals surface area contributed by atoms with E-state index >= 15 is 0 Å². The summed E-state index contributed by atoms with van der Waals surface area (Å²) < 4.78 is 0. The van der Waals surface area contributed by atoms with Gasteiger partial charge in [-0.25, -0.2) is 0 Å². The molecule has 0 fully saturated rings. The Balaban J connectivity index is 2.10. The smallest absolute Gasteiger partial charge is 0.178 e. The fourth-order valence-electron chi connectivity index (χ4n) is 2.46. The lowest BCUT2D eigenvalue weighted by Gasteiger charge is -2.32. The summed E-state index contributed by atoms with van der Waals surface area (Å²) >= 11 is 0. The van der Waals surface area contributed by atoms with Gasteiger partial charge in [0, 0.05) is 12.5 Å². The van der Waals surface area contributed by atoms with E-state index in [9.17, 15) is 0 Å². The second-order valence-corrected chi connectivity index (χ2v) is 5.41. The average Bonchev–Trinajstić information content (AvgIpc) is 2.46. The van der Waals surface area contributed by atoms with E-state index < -0.39 is 0 Å². The van der Waals surface area contributed by atoms with Crippen LogP contribution in [0.15, 0.2) is 11.6 Å². The van der Waals surface area contributed by atoms with E-state index in [1.807, 2.05) is 0 Å². The van der Waals surface area contributed by atoms with Crippen LogP contribution in [0.3, 0.4) is 0 Å². The molecule has 2 N–H and O–H groups in total. The molecular weight excluding hydrogens is 202 g/mol. The second kappa shape index (κ2) is 3.97. The SMILES string of the molecule is Cn1nnc(CC2=CC(N)CC(C)(C)C2)n1. The summed E-state index contributed by atoms with van der Waals surface area (Å²) in [5, 5.41) is 12.0. The predicted molar refractivity (Wildman–Crippen MR) is 61.6 cm³/mol. The average molecular weight is 221 g/mol. The summed E-state index contributed by atoms with van der Waals surface area (Å²) in [6, 6.07) is 0.162. The number of allylic oxidation sites excluding steroid dienone is 1. The number of hydrogen-bond acceptors (Lipinski definition) is 4. The molecule has 1 aromatic heterocycles. The number of rotatable bonds is 2. The summed E-state index contributed by atoms with van der Waals surface area (Å²) in [5.41, 5.74) is 7.64. The molecule has 0 radical (unpaired) electrons. The van der Waals surface area contributed by atoms with Crippen molar-refractivity contribution >= 4 is 0 Å². The molecule has 16 heavy (non-hydrogen) atoms. The van der Waals surface area contributed by atoms with Crippen LogP contribution in [0.25, 0.3) is 0 Å². The second-order valence-electron chi connectivity index (χ2n) is 5.41. The molecule has 0 bridgehead atoms. The maximum absolute atomic E-state index is 6.02. The Morgan fingerprint density at radius 2 is 2.31 bits per heavy atom. The molecule has 0 saturated heterocycles. The van der Waals surface area contributed by atoms with Crippen molar-refractivity contribution in [3.8, 4) is 0 Å². The van der Waals surface area contributed by atoms with Crippen LogP contribution in [0.4, 0.5) is 0 Å². The summed E-state index contributed by atoms with van der Waals surface area (Å²) in [6.45, 7) is 4.51. The lowest BCUT2D eigenvalue weighted by Crippen LogP contribution is -2.31. The molecule has 1 unspecified atom stereocenters. The lowest BCUT2D eigenvalue weighted by atomic mass is 9.75. The highest BCUT2D eigenvalue weighted by Crippen LogP contribution is 2.35. The quantitative estimate of drug-likeness (QED) is 0.751. The van der Waals surface area contributed by atoms with Gasteiger partial charge in [0.2, 0.25) is 0 Å². The molecule has 0 aromatic carbocycles. The summed E-state index contributed by atoms with van der Waals surface area (Å²) in [6.07, 6.45) is 5.04. The van der Waals surface area contributed by atoms with Gasteiger partial charge in [-0.3, -0.25) is 0 Å². The zero-order valence-corrected chi connectivity index (χ0v) is 10.1. The Morgan fingerprint density at radius 1 is 1.56 bits per heavy atom. The fraction of sp³-hybridized carbons (Fsp3) is 0.727. The van der Waals surface area contributed by atoms with Crippen LogP contribution in [-0.2, 0) is 13.5 Å². The minimum Gasteiger partial charge on any atom is -0.324 e. The Bertz CT molecular complexity index is 404. The first kappa shape index (κ1) is 11.3. The maximum atomic E-state index is 6.02. The largest absolute Gasteiger partial charge is 0.324 e. The zero-order valence-electron chi connectivity index (χ0n) is 10.1. The van der Waals surface area contributed by atoms with Crippen LogP contribution in [0.5, 0.6) is 0 Å². The molecule has 1 aliphatic rings. The summed E-state index contributed by atoms with van der Waals surface area (Å²) in [7, 11) is 1.78. The van der Waals surface area contributed by atoms with Crippen molar-refractivity contribution < 1.29 is 0 Å². The highest BCUT2D eigenvalue weighted by atomic mass is 15.6. The third-order valence-corrected chi connectivity index (χ3v) is 2.88. The van der Waals surface area contributed by atoms with Crippen molar-refractivity contribution in [2.24, 2.45) is 18.2 Å². The van der Waals surface area contributed by atoms with Crippen molar-refractivity contribution in [1.82, 2.24) is 20.2 Å². The van der Waals surface area contributed by atoms with Gasteiger partial charge in [0.05, 0.1) is 7.05 Å². The van der Waals surface area contributed by atoms with Gasteiger partial charge >= 0.3 is 0 Å². The van der Waals surface area contributed by atoms with Crippen molar-refractivity contribution in [2.75, 3.05) is 0 Å². The number of hydrogen-bond donors (Lipinski definition) is 1. The third kappa shape index (κ3) is 2.66. The predicted octanol–water partition coefficient (Wildman–Crippen LogP) is 0.826. The van der Waals surface area contributed by atoms with Crippen LogP contribution >= 0.6 is 0 Å². The fourth-order valence-corrected chi connectivity index (χ4v) is 2.46. The van der Waals surface area contributed by atoms with Crippen LogP contribution in [0.2, 0.25) is 0 Å². The Kier molecular flexibility index (Phi) is 2.80. The zero-order chi connectivity index (χ0) is 11.8. The van der Waals surface area contributed by atoms with Gasteiger partial charge in [-0.2, -0.15) is 4.80 Å². The number of aryl methyl sites for hydroxylation is 1. The molecule has 1 aromatic rings. The Labute approximate surface area is 95.7 Å². The van der Waals surface area contributed by atoms with Gasteiger partial charge in [-0.05, 0) is 23.5 Å². The molecule has 5 heteroatoms. The first-order chi connectivity index (χ1) is 7.44. The van der Waals surface area contributed by atoms with Gasteiger partial charge in [0.1, 0.15) is 0 Å². The Morgan fingerprint density at radius 3 is 2.88 bits per heavy atom. The summed E-state index contributed by atoms with van der Waals surface area (Å²) in [4.78, 5) is 1.49.